The number of hydrogen-bond donors (Lipinski definition) is 3. The number of nitrogens with one attached hydrogen (secondary N) is 2. The lowest BCUT2D eigenvalue weighted by molar-refractivity contribution is -0.128. The maximum Gasteiger partial charge on any atom is 0.243 e. The molecule has 0 saturated carbocycles. The number of nitrogens with zero attached hydrogens (tertiary/aromatic N) is 1. The quantitative estimate of drug-likeness (QED) is 0.660. The smallest absolute Gasteiger partial charge is 0.243 e. The summed E-state index contributed by atoms with van der Waals surface area (Å²) in [5, 5.41) is 14.6. The van der Waals surface area contributed by atoms with E-state index < -0.39 is 21.8 Å². The number of sulfonamides is 1. The van der Waals surface area contributed by atoms with Crippen LogP contribution >= 0.6 is 0 Å². The molecule has 1 atom stereocenters. The Hall–Kier alpha value is -2.91. The molecule has 1 fully saturated rings. The summed E-state index contributed by atoms with van der Waals surface area (Å²) in [4.78, 5) is 24.7. The molecule has 1 heterocycles. The molecule has 0 aliphatic carbocycles. The Morgan fingerprint density at radius 2 is 1.86 bits per heavy atom. The number of rotatable bonds is 6. The lowest BCUT2D eigenvalue weighted by atomic mass is 9.99. The summed E-state index contributed by atoms with van der Waals surface area (Å²) in [6.45, 7) is 0.201. The zero-order chi connectivity index (χ0) is 20.9. The van der Waals surface area contributed by atoms with E-state index in [0.29, 0.717) is 25.1 Å². The number of benzene rings is 2. The van der Waals surface area contributed by atoms with E-state index in [4.69, 9.17) is 0 Å². The summed E-state index contributed by atoms with van der Waals surface area (Å²) in [5.74, 6) is -1.29. The minimum atomic E-state index is -3.65. The fourth-order valence-corrected chi connectivity index (χ4v) is 4.76. The standard InChI is InChI=1S/C20H23N3O5S/c24-17-8-4-7-16(12-17)22-19(25)13-21-20(26)15-6-5-11-23(14-15)29(27,28)18-9-2-1-3-10-18/h1-4,7-10,12,15,24H,5-6,11,13-14H2,(H,21,26)(H,22,25). The highest BCUT2D eigenvalue weighted by Crippen LogP contribution is 2.23. The maximum absolute atomic E-state index is 12.8. The molecule has 0 radical (unpaired) electrons. The van der Waals surface area contributed by atoms with E-state index in [-0.39, 0.29) is 29.6 Å². The first-order chi connectivity index (χ1) is 13.9. The van der Waals surface area contributed by atoms with Crippen molar-refractivity contribution in [3.63, 3.8) is 0 Å². The number of carbonyl (C=O) groups excluding carboxylic acids is 2. The lowest BCUT2D eigenvalue weighted by Crippen LogP contribution is -2.46. The van der Waals surface area contributed by atoms with Crippen LogP contribution in [0.15, 0.2) is 59.5 Å². The summed E-state index contributed by atoms with van der Waals surface area (Å²) in [6, 6.07) is 14.2. The second kappa shape index (κ2) is 9.06. The molecule has 1 saturated heterocycles. The van der Waals surface area contributed by atoms with Gasteiger partial charge in [0.2, 0.25) is 21.8 Å². The van der Waals surface area contributed by atoms with Crippen LogP contribution in [0, 0.1) is 5.92 Å². The molecule has 3 rings (SSSR count). The van der Waals surface area contributed by atoms with E-state index in [9.17, 15) is 23.1 Å². The number of hydrogen-bond acceptors (Lipinski definition) is 5. The highest BCUT2D eigenvalue weighted by Gasteiger charge is 2.33. The predicted octanol–water partition coefficient (Wildman–Crippen LogP) is 1.55. The zero-order valence-corrected chi connectivity index (χ0v) is 16.6. The van der Waals surface area contributed by atoms with Gasteiger partial charge in [0.1, 0.15) is 5.75 Å². The largest absolute Gasteiger partial charge is 0.508 e. The van der Waals surface area contributed by atoms with Crippen molar-refractivity contribution in [2.45, 2.75) is 17.7 Å². The number of anilines is 1. The number of phenols is 1. The Bertz CT molecular complexity index is 979. The second-order valence-corrected chi connectivity index (χ2v) is 8.77. The van der Waals surface area contributed by atoms with Crippen molar-refractivity contribution in [1.82, 2.24) is 9.62 Å². The van der Waals surface area contributed by atoms with Crippen LogP contribution in [0.1, 0.15) is 12.8 Å². The van der Waals surface area contributed by atoms with E-state index >= 15 is 0 Å². The molecule has 2 aromatic carbocycles. The Morgan fingerprint density at radius 1 is 1.10 bits per heavy atom. The summed E-state index contributed by atoms with van der Waals surface area (Å²) in [5.41, 5.74) is 0.419. The van der Waals surface area contributed by atoms with Crippen LogP contribution in [-0.2, 0) is 19.6 Å². The number of piperidine rings is 1. The minimum absolute atomic E-state index is 0.0220. The third-order valence-electron chi connectivity index (χ3n) is 4.69. The highest BCUT2D eigenvalue weighted by molar-refractivity contribution is 7.89. The van der Waals surface area contributed by atoms with Crippen molar-refractivity contribution in [2.24, 2.45) is 5.92 Å². The molecule has 9 heteroatoms. The van der Waals surface area contributed by atoms with Crippen molar-refractivity contribution in [3.05, 3.63) is 54.6 Å². The topological polar surface area (TPSA) is 116 Å². The maximum atomic E-state index is 12.8. The SMILES string of the molecule is O=C(CNC(=O)C1CCCN(S(=O)(=O)c2ccccc2)C1)Nc1cccc(O)c1. The van der Waals surface area contributed by atoms with Crippen LogP contribution in [0.2, 0.25) is 0 Å². The van der Waals surface area contributed by atoms with Crippen LogP contribution in [0.25, 0.3) is 0 Å². The normalized spacial score (nSPS) is 17.4. The number of carbonyl (C=O) groups is 2. The van der Waals surface area contributed by atoms with E-state index in [1.807, 2.05) is 0 Å². The molecule has 0 aromatic heterocycles. The van der Waals surface area contributed by atoms with E-state index in [1.165, 1.54) is 28.6 Å². The molecule has 2 aromatic rings. The molecular formula is C20H23N3O5S. The molecule has 3 N–H and O–H groups in total. The lowest BCUT2D eigenvalue weighted by Gasteiger charge is -2.31. The van der Waals surface area contributed by atoms with Gasteiger partial charge < -0.3 is 15.7 Å². The second-order valence-electron chi connectivity index (χ2n) is 6.83. The van der Waals surface area contributed by atoms with E-state index in [1.54, 1.807) is 30.3 Å². The first-order valence-corrected chi connectivity index (χ1v) is 10.7. The van der Waals surface area contributed by atoms with Gasteiger partial charge in [0.15, 0.2) is 0 Å². The average molecular weight is 417 g/mol. The van der Waals surface area contributed by atoms with Crippen LogP contribution in [-0.4, -0.2) is 49.3 Å². The van der Waals surface area contributed by atoms with Crippen molar-refractivity contribution in [1.29, 1.82) is 0 Å². The summed E-state index contributed by atoms with van der Waals surface area (Å²) in [6.07, 6.45) is 1.13. The van der Waals surface area contributed by atoms with Crippen molar-refractivity contribution in [2.75, 3.05) is 25.0 Å². The van der Waals surface area contributed by atoms with Crippen LogP contribution in [0.3, 0.4) is 0 Å². The Kier molecular flexibility index (Phi) is 6.50. The van der Waals surface area contributed by atoms with Gasteiger partial charge in [-0.25, -0.2) is 8.42 Å². The van der Waals surface area contributed by atoms with Gasteiger partial charge in [-0.05, 0) is 37.1 Å². The molecule has 2 amide bonds. The molecule has 0 spiro atoms. The molecule has 1 aliphatic rings. The fourth-order valence-electron chi connectivity index (χ4n) is 3.22. The molecule has 29 heavy (non-hydrogen) atoms. The third-order valence-corrected chi connectivity index (χ3v) is 6.57. The van der Waals surface area contributed by atoms with Gasteiger partial charge in [-0.2, -0.15) is 4.31 Å². The van der Waals surface area contributed by atoms with Crippen molar-refractivity contribution in [3.8, 4) is 5.75 Å². The van der Waals surface area contributed by atoms with Crippen LogP contribution in [0.4, 0.5) is 5.69 Å². The Morgan fingerprint density at radius 3 is 2.59 bits per heavy atom. The van der Waals surface area contributed by atoms with Crippen LogP contribution in [0.5, 0.6) is 5.75 Å². The van der Waals surface area contributed by atoms with Crippen molar-refractivity contribution >= 4 is 27.5 Å². The average Bonchev–Trinajstić information content (AvgIpc) is 2.73. The van der Waals surface area contributed by atoms with Crippen molar-refractivity contribution < 1.29 is 23.1 Å². The Labute approximate surface area is 169 Å². The van der Waals surface area contributed by atoms with Gasteiger partial charge in [0.05, 0.1) is 17.4 Å². The molecular weight excluding hydrogens is 394 g/mol. The predicted molar refractivity (Wildman–Crippen MR) is 108 cm³/mol. The van der Waals surface area contributed by atoms with Crippen LogP contribution < -0.4 is 10.6 Å². The van der Waals surface area contributed by atoms with Gasteiger partial charge >= 0.3 is 0 Å². The zero-order valence-electron chi connectivity index (χ0n) is 15.7. The molecule has 1 aliphatic heterocycles. The Balaban J connectivity index is 1.55. The summed E-state index contributed by atoms with van der Waals surface area (Å²) >= 11 is 0. The van der Waals surface area contributed by atoms with Gasteiger partial charge in [0.25, 0.3) is 0 Å². The monoisotopic (exact) mass is 417 g/mol. The van der Waals surface area contributed by atoms with Gasteiger partial charge in [-0.15, -0.1) is 0 Å². The van der Waals surface area contributed by atoms with E-state index in [0.717, 1.165) is 0 Å². The number of aromatic hydroxyl groups is 1. The van der Waals surface area contributed by atoms with E-state index in [2.05, 4.69) is 10.6 Å². The minimum Gasteiger partial charge on any atom is -0.508 e. The molecule has 154 valence electrons. The third kappa shape index (κ3) is 5.33. The highest BCUT2D eigenvalue weighted by atomic mass is 32.2. The van der Waals surface area contributed by atoms with Gasteiger partial charge in [0, 0.05) is 24.8 Å². The molecule has 8 nitrogen and oxygen atoms in total. The van der Waals surface area contributed by atoms with Gasteiger partial charge in [-0.1, -0.05) is 24.3 Å². The summed E-state index contributed by atoms with van der Waals surface area (Å²) in [7, 11) is -3.65. The number of amides is 2. The summed E-state index contributed by atoms with van der Waals surface area (Å²) < 4.78 is 26.8. The van der Waals surface area contributed by atoms with Gasteiger partial charge in [-0.3, -0.25) is 9.59 Å². The fraction of sp³-hybridized carbons (Fsp3) is 0.300. The number of phenolic OH excluding ortho intramolecular Hbond substituents is 1. The molecule has 0 bridgehead atoms. The first kappa shape index (κ1) is 20.8. The first-order valence-electron chi connectivity index (χ1n) is 9.28. The molecule has 1 unspecified atom stereocenters.